The standard InChI is InChI=1S/C27H34N2O4/c1-5-14-32-25-12-10-22(15-26(25)31-4)11-13-27(30)28-16-23-8-6-7-9-24(23)19-29-17-20(2)33-21(3)18-29/h5-13,15,20-21H,1,14,16-19H2,2-4H3,(H,28,30)/b13-11+. The zero-order valence-electron chi connectivity index (χ0n) is 19.8. The van der Waals surface area contributed by atoms with E-state index in [1.807, 2.05) is 30.3 Å². The summed E-state index contributed by atoms with van der Waals surface area (Å²) < 4.78 is 16.8. The number of ether oxygens (including phenoxy) is 3. The number of nitrogens with one attached hydrogen (secondary N) is 1. The summed E-state index contributed by atoms with van der Waals surface area (Å²) in [4.78, 5) is 14.9. The first kappa shape index (κ1) is 24.6. The van der Waals surface area contributed by atoms with Crippen molar-refractivity contribution >= 4 is 12.0 Å². The Morgan fingerprint density at radius 1 is 1.15 bits per heavy atom. The second-order valence-corrected chi connectivity index (χ2v) is 8.28. The van der Waals surface area contributed by atoms with E-state index in [1.54, 1.807) is 19.3 Å². The molecule has 2 aromatic rings. The molecule has 1 heterocycles. The summed E-state index contributed by atoms with van der Waals surface area (Å²) >= 11 is 0. The van der Waals surface area contributed by atoms with E-state index < -0.39 is 0 Å². The topological polar surface area (TPSA) is 60.0 Å². The van der Waals surface area contributed by atoms with E-state index in [1.165, 1.54) is 11.6 Å². The first-order chi connectivity index (χ1) is 16.0. The van der Waals surface area contributed by atoms with Gasteiger partial charge in [0.1, 0.15) is 6.61 Å². The molecule has 2 unspecified atom stereocenters. The highest BCUT2D eigenvalue weighted by Gasteiger charge is 2.22. The number of rotatable bonds is 10. The molecule has 0 saturated carbocycles. The lowest BCUT2D eigenvalue weighted by Crippen LogP contribution is -2.45. The van der Waals surface area contributed by atoms with Gasteiger partial charge in [-0.2, -0.15) is 0 Å². The normalized spacial score (nSPS) is 18.8. The Labute approximate surface area is 196 Å². The van der Waals surface area contributed by atoms with Crippen LogP contribution in [-0.4, -0.2) is 49.8 Å². The number of morpholine rings is 1. The van der Waals surface area contributed by atoms with Gasteiger partial charge < -0.3 is 19.5 Å². The van der Waals surface area contributed by atoms with Crippen LogP contribution in [0.15, 0.2) is 61.2 Å². The number of amides is 1. The van der Waals surface area contributed by atoms with Crippen LogP contribution >= 0.6 is 0 Å². The molecule has 0 spiro atoms. The first-order valence-electron chi connectivity index (χ1n) is 11.3. The van der Waals surface area contributed by atoms with Crippen molar-refractivity contribution in [2.75, 3.05) is 26.8 Å². The van der Waals surface area contributed by atoms with Crippen LogP contribution < -0.4 is 14.8 Å². The third-order valence-corrected chi connectivity index (χ3v) is 5.43. The predicted molar refractivity (Wildman–Crippen MR) is 131 cm³/mol. The molecule has 0 radical (unpaired) electrons. The van der Waals surface area contributed by atoms with Gasteiger partial charge in [0.2, 0.25) is 5.91 Å². The summed E-state index contributed by atoms with van der Waals surface area (Å²) in [6.07, 6.45) is 5.43. The largest absolute Gasteiger partial charge is 0.493 e. The lowest BCUT2D eigenvalue weighted by atomic mass is 10.1. The molecule has 0 aliphatic carbocycles. The Morgan fingerprint density at radius 3 is 2.58 bits per heavy atom. The van der Waals surface area contributed by atoms with Gasteiger partial charge in [-0.3, -0.25) is 9.69 Å². The third-order valence-electron chi connectivity index (χ3n) is 5.43. The molecule has 2 atom stereocenters. The van der Waals surface area contributed by atoms with E-state index in [9.17, 15) is 4.79 Å². The molecular formula is C27H34N2O4. The maximum Gasteiger partial charge on any atom is 0.244 e. The number of carbonyl (C=O) groups excluding carboxylic acids is 1. The molecule has 0 bridgehead atoms. The number of benzene rings is 2. The molecule has 0 aromatic heterocycles. The van der Waals surface area contributed by atoms with Gasteiger partial charge in [0.05, 0.1) is 19.3 Å². The molecule has 3 rings (SSSR count). The van der Waals surface area contributed by atoms with Crippen LogP contribution in [0.5, 0.6) is 11.5 Å². The summed E-state index contributed by atoms with van der Waals surface area (Å²) in [6.45, 7) is 11.4. The number of hydrogen-bond donors (Lipinski definition) is 1. The van der Waals surface area contributed by atoms with Crippen molar-refractivity contribution in [2.24, 2.45) is 0 Å². The van der Waals surface area contributed by atoms with E-state index >= 15 is 0 Å². The molecule has 1 aliphatic rings. The molecule has 1 amide bonds. The smallest absolute Gasteiger partial charge is 0.244 e. The van der Waals surface area contributed by atoms with Crippen molar-refractivity contribution in [1.29, 1.82) is 0 Å². The van der Waals surface area contributed by atoms with Gasteiger partial charge in [-0.25, -0.2) is 0 Å². The summed E-state index contributed by atoms with van der Waals surface area (Å²) in [5, 5.41) is 3.00. The molecule has 2 aromatic carbocycles. The maximum absolute atomic E-state index is 12.4. The Hall–Kier alpha value is -3.09. The fourth-order valence-corrected chi connectivity index (χ4v) is 4.01. The third kappa shape index (κ3) is 7.48. The van der Waals surface area contributed by atoms with Crippen LogP contribution in [0.1, 0.15) is 30.5 Å². The number of hydrogen-bond acceptors (Lipinski definition) is 5. The van der Waals surface area contributed by atoms with Crippen LogP contribution in [0.4, 0.5) is 0 Å². The lowest BCUT2D eigenvalue weighted by molar-refractivity contribution is -0.116. The van der Waals surface area contributed by atoms with Crippen molar-refractivity contribution in [3.05, 3.63) is 77.9 Å². The highest BCUT2D eigenvalue weighted by atomic mass is 16.5. The number of nitrogens with zero attached hydrogens (tertiary/aromatic N) is 1. The van der Waals surface area contributed by atoms with Gasteiger partial charge in [-0.05, 0) is 48.7 Å². The molecule has 176 valence electrons. The van der Waals surface area contributed by atoms with Crippen LogP contribution in [0.25, 0.3) is 6.08 Å². The SMILES string of the molecule is C=CCOc1ccc(/C=C/C(=O)NCc2ccccc2CN2CC(C)OC(C)C2)cc1OC. The molecule has 1 saturated heterocycles. The Kier molecular flexibility index (Phi) is 9.10. The second kappa shape index (κ2) is 12.2. The van der Waals surface area contributed by atoms with Crippen molar-refractivity contribution in [3.63, 3.8) is 0 Å². The van der Waals surface area contributed by atoms with Gasteiger partial charge >= 0.3 is 0 Å². The van der Waals surface area contributed by atoms with E-state index in [4.69, 9.17) is 14.2 Å². The minimum absolute atomic E-state index is 0.149. The number of methoxy groups -OCH3 is 1. The van der Waals surface area contributed by atoms with Gasteiger partial charge in [-0.15, -0.1) is 0 Å². The van der Waals surface area contributed by atoms with Crippen LogP contribution in [0.2, 0.25) is 0 Å². The highest BCUT2D eigenvalue weighted by molar-refractivity contribution is 5.91. The molecule has 1 fully saturated rings. The fourth-order valence-electron chi connectivity index (χ4n) is 4.01. The Morgan fingerprint density at radius 2 is 1.88 bits per heavy atom. The summed E-state index contributed by atoms with van der Waals surface area (Å²) in [6, 6.07) is 13.8. The van der Waals surface area contributed by atoms with E-state index in [0.717, 1.165) is 30.8 Å². The Balaban J connectivity index is 1.58. The zero-order valence-corrected chi connectivity index (χ0v) is 19.8. The highest BCUT2D eigenvalue weighted by Crippen LogP contribution is 2.28. The molecule has 6 heteroatoms. The molecule has 1 N–H and O–H groups in total. The summed E-state index contributed by atoms with van der Waals surface area (Å²) in [5.41, 5.74) is 3.20. The van der Waals surface area contributed by atoms with Gasteiger partial charge in [-0.1, -0.05) is 43.0 Å². The fraction of sp³-hybridized carbons (Fsp3) is 0.370. The molecule has 6 nitrogen and oxygen atoms in total. The minimum Gasteiger partial charge on any atom is -0.493 e. The van der Waals surface area contributed by atoms with Gasteiger partial charge in [0.15, 0.2) is 11.5 Å². The maximum atomic E-state index is 12.4. The second-order valence-electron chi connectivity index (χ2n) is 8.28. The average molecular weight is 451 g/mol. The predicted octanol–water partition coefficient (Wildman–Crippen LogP) is 4.20. The Bertz CT molecular complexity index is 962. The zero-order chi connectivity index (χ0) is 23.6. The van der Waals surface area contributed by atoms with Gasteiger partial charge in [0, 0.05) is 32.3 Å². The van der Waals surface area contributed by atoms with Gasteiger partial charge in [0.25, 0.3) is 0 Å². The van der Waals surface area contributed by atoms with Crippen LogP contribution in [-0.2, 0) is 22.6 Å². The van der Waals surface area contributed by atoms with E-state index in [0.29, 0.717) is 24.7 Å². The van der Waals surface area contributed by atoms with Crippen molar-refractivity contribution in [1.82, 2.24) is 10.2 Å². The summed E-state index contributed by atoms with van der Waals surface area (Å²) in [5.74, 6) is 1.10. The first-order valence-corrected chi connectivity index (χ1v) is 11.3. The lowest BCUT2D eigenvalue weighted by Gasteiger charge is -2.35. The van der Waals surface area contributed by atoms with Crippen LogP contribution in [0, 0.1) is 0 Å². The van der Waals surface area contributed by atoms with E-state index in [2.05, 4.69) is 42.8 Å². The summed E-state index contributed by atoms with van der Waals surface area (Å²) in [7, 11) is 1.59. The van der Waals surface area contributed by atoms with E-state index in [-0.39, 0.29) is 18.1 Å². The molecular weight excluding hydrogens is 416 g/mol. The minimum atomic E-state index is -0.149. The monoisotopic (exact) mass is 450 g/mol. The molecule has 33 heavy (non-hydrogen) atoms. The van der Waals surface area contributed by atoms with Crippen molar-refractivity contribution in [3.8, 4) is 11.5 Å². The quantitative estimate of drug-likeness (QED) is 0.434. The average Bonchev–Trinajstić information content (AvgIpc) is 2.80. The number of carbonyl (C=O) groups is 1. The molecule has 1 aliphatic heterocycles. The van der Waals surface area contributed by atoms with Crippen molar-refractivity contribution < 1.29 is 19.0 Å². The van der Waals surface area contributed by atoms with Crippen molar-refractivity contribution in [2.45, 2.75) is 39.1 Å². The van der Waals surface area contributed by atoms with Crippen LogP contribution in [0.3, 0.4) is 0 Å².